The molecular formula is C19H32ClN3O4S. The minimum Gasteiger partial charge on any atom is -0.497 e. The Balaban J connectivity index is 0.00000392. The third kappa shape index (κ3) is 6.34. The van der Waals surface area contributed by atoms with Gasteiger partial charge in [0.1, 0.15) is 11.8 Å². The molecule has 1 aromatic carbocycles. The van der Waals surface area contributed by atoms with Crippen LogP contribution in [-0.4, -0.2) is 59.1 Å². The van der Waals surface area contributed by atoms with Gasteiger partial charge in [-0.25, -0.2) is 8.42 Å². The summed E-state index contributed by atoms with van der Waals surface area (Å²) in [6.07, 6.45) is 1.87. The van der Waals surface area contributed by atoms with E-state index in [2.05, 4.69) is 10.0 Å². The smallest absolute Gasteiger partial charge is 0.241 e. The molecule has 1 fully saturated rings. The molecule has 7 nitrogen and oxygen atoms in total. The predicted octanol–water partition coefficient (Wildman–Crippen LogP) is 1.88. The lowest BCUT2D eigenvalue weighted by molar-refractivity contribution is -0.135. The molecule has 0 aromatic heterocycles. The number of nitrogens with zero attached hydrogens (tertiary/aromatic N) is 1. The van der Waals surface area contributed by atoms with Crippen molar-refractivity contribution in [3.63, 3.8) is 0 Å². The number of methoxy groups -OCH3 is 1. The van der Waals surface area contributed by atoms with Crippen molar-refractivity contribution >= 4 is 28.3 Å². The summed E-state index contributed by atoms with van der Waals surface area (Å²) in [4.78, 5) is 14.9. The van der Waals surface area contributed by atoms with Crippen LogP contribution in [0.1, 0.15) is 26.7 Å². The molecular weight excluding hydrogens is 402 g/mol. The molecule has 0 saturated carbocycles. The van der Waals surface area contributed by atoms with Crippen LogP contribution in [0.25, 0.3) is 0 Å². The van der Waals surface area contributed by atoms with Crippen LogP contribution in [0, 0.1) is 11.8 Å². The van der Waals surface area contributed by atoms with Crippen LogP contribution < -0.4 is 14.8 Å². The average Bonchev–Trinajstić information content (AvgIpc) is 2.66. The van der Waals surface area contributed by atoms with E-state index in [9.17, 15) is 13.2 Å². The summed E-state index contributed by atoms with van der Waals surface area (Å²) in [5.74, 6) is 0.841. The van der Waals surface area contributed by atoms with Gasteiger partial charge in [0.25, 0.3) is 0 Å². The molecule has 1 unspecified atom stereocenters. The summed E-state index contributed by atoms with van der Waals surface area (Å²) >= 11 is 0. The number of hydrogen-bond donors (Lipinski definition) is 2. The summed E-state index contributed by atoms with van der Waals surface area (Å²) in [7, 11) is -0.342. The van der Waals surface area contributed by atoms with E-state index in [1.54, 1.807) is 17.0 Å². The Hall–Kier alpha value is -1.35. The lowest BCUT2D eigenvalue weighted by Crippen LogP contribution is -2.53. The molecule has 2 N–H and O–H groups in total. The van der Waals surface area contributed by atoms with E-state index in [0.29, 0.717) is 24.8 Å². The molecule has 160 valence electrons. The van der Waals surface area contributed by atoms with Crippen molar-refractivity contribution in [1.82, 2.24) is 14.9 Å². The lowest BCUT2D eigenvalue weighted by Gasteiger charge is -2.35. The van der Waals surface area contributed by atoms with Gasteiger partial charge in [0.15, 0.2) is 0 Å². The van der Waals surface area contributed by atoms with Crippen LogP contribution in [0.4, 0.5) is 0 Å². The Morgan fingerprint density at radius 2 is 1.79 bits per heavy atom. The van der Waals surface area contributed by atoms with Gasteiger partial charge in [0.2, 0.25) is 15.9 Å². The molecule has 2 rings (SSSR count). The molecule has 0 aliphatic carbocycles. The topological polar surface area (TPSA) is 87.7 Å². The Bertz CT molecular complexity index is 717. The highest BCUT2D eigenvalue weighted by molar-refractivity contribution is 7.89. The highest BCUT2D eigenvalue weighted by Gasteiger charge is 2.33. The van der Waals surface area contributed by atoms with Crippen LogP contribution in [0.15, 0.2) is 29.2 Å². The summed E-state index contributed by atoms with van der Waals surface area (Å²) in [5, 5.41) is 3.18. The van der Waals surface area contributed by atoms with E-state index in [0.717, 1.165) is 19.4 Å². The standard InChI is InChI=1S/C19H31N3O4S.ClH/c1-14(2)18(19(23)22-11-9-15(10-12-22)13-20-3)21-27(24,25)17-7-5-16(26-4)6-8-17;/h5-8,14-15,18,20-21H,9-13H2,1-4H3;1H. The molecule has 1 amide bonds. The zero-order valence-electron chi connectivity index (χ0n) is 17.0. The average molecular weight is 434 g/mol. The number of likely N-dealkylation sites (tertiary alicyclic amines) is 1. The number of benzene rings is 1. The SMILES string of the molecule is CNCC1CCN(C(=O)C(NS(=O)(=O)c2ccc(OC)cc2)C(C)C)CC1.Cl. The van der Waals surface area contributed by atoms with Crippen molar-refractivity contribution in [2.45, 2.75) is 37.6 Å². The fourth-order valence-electron chi connectivity index (χ4n) is 3.30. The number of sulfonamides is 1. The lowest BCUT2D eigenvalue weighted by atomic mass is 9.95. The fourth-order valence-corrected chi connectivity index (χ4v) is 4.64. The number of halogens is 1. The first-order valence-electron chi connectivity index (χ1n) is 9.38. The molecule has 0 radical (unpaired) electrons. The second-order valence-electron chi connectivity index (χ2n) is 7.34. The van der Waals surface area contributed by atoms with E-state index in [4.69, 9.17) is 4.74 Å². The van der Waals surface area contributed by atoms with Crippen molar-refractivity contribution in [2.24, 2.45) is 11.8 Å². The number of rotatable bonds is 8. The normalized spacial score (nSPS) is 16.5. The van der Waals surface area contributed by atoms with Crippen LogP contribution >= 0.6 is 12.4 Å². The molecule has 1 saturated heterocycles. The molecule has 1 aliphatic heterocycles. The summed E-state index contributed by atoms with van der Waals surface area (Å²) in [6.45, 7) is 5.98. The first-order chi connectivity index (χ1) is 12.8. The second-order valence-corrected chi connectivity index (χ2v) is 9.06. The largest absolute Gasteiger partial charge is 0.497 e. The predicted molar refractivity (Wildman–Crippen MR) is 112 cm³/mol. The molecule has 1 aliphatic rings. The van der Waals surface area contributed by atoms with Gasteiger partial charge in [-0.05, 0) is 62.5 Å². The Labute approximate surface area is 174 Å². The number of carbonyl (C=O) groups is 1. The number of nitrogens with one attached hydrogen (secondary N) is 2. The number of piperidine rings is 1. The van der Waals surface area contributed by atoms with Gasteiger partial charge < -0.3 is 15.0 Å². The van der Waals surface area contributed by atoms with Crippen molar-refractivity contribution < 1.29 is 17.9 Å². The zero-order chi connectivity index (χ0) is 20.0. The number of carbonyl (C=O) groups excluding carboxylic acids is 1. The number of hydrogen-bond acceptors (Lipinski definition) is 5. The third-order valence-electron chi connectivity index (χ3n) is 5.00. The number of ether oxygens (including phenoxy) is 1. The number of amides is 1. The maximum Gasteiger partial charge on any atom is 0.241 e. The monoisotopic (exact) mass is 433 g/mol. The van der Waals surface area contributed by atoms with Crippen LogP contribution in [0.5, 0.6) is 5.75 Å². The van der Waals surface area contributed by atoms with Gasteiger partial charge in [0.05, 0.1) is 12.0 Å². The first-order valence-corrected chi connectivity index (χ1v) is 10.9. The van der Waals surface area contributed by atoms with E-state index in [-0.39, 0.29) is 29.1 Å². The quantitative estimate of drug-likeness (QED) is 0.653. The molecule has 1 heterocycles. The third-order valence-corrected chi connectivity index (χ3v) is 6.46. The minimum absolute atomic E-state index is 0. The van der Waals surface area contributed by atoms with Gasteiger partial charge in [0, 0.05) is 13.1 Å². The summed E-state index contributed by atoms with van der Waals surface area (Å²) in [5.41, 5.74) is 0. The van der Waals surface area contributed by atoms with Crippen LogP contribution in [0.3, 0.4) is 0 Å². The maximum atomic E-state index is 13.0. The van der Waals surface area contributed by atoms with Crippen LogP contribution in [-0.2, 0) is 14.8 Å². The molecule has 0 bridgehead atoms. The molecule has 1 aromatic rings. The highest BCUT2D eigenvalue weighted by atomic mass is 35.5. The van der Waals surface area contributed by atoms with E-state index < -0.39 is 16.1 Å². The Kier molecular flexibility index (Phi) is 9.69. The fraction of sp³-hybridized carbons (Fsp3) is 0.632. The van der Waals surface area contributed by atoms with Crippen molar-refractivity contribution in [1.29, 1.82) is 0 Å². The van der Waals surface area contributed by atoms with Gasteiger partial charge >= 0.3 is 0 Å². The van der Waals surface area contributed by atoms with E-state index in [1.165, 1.54) is 19.2 Å². The Morgan fingerprint density at radius 3 is 2.25 bits per heavy atom. The van der Waals surface area contributed by atoms with Gasteiger partial charge in [-0.2, -0.15) is 4.72 Å². The van der Waals surface area contributed by atoms with E-state index in [1.807, 2.05) is 20.9 Å². The minimum atomic E-state index is -3.80. The summed E-state index contributed by atoms with van der Waals surface area (Å²) in [6, 6.07) is 5.36. The maximum absolute atomic E-state index is 13.0. The highest BCUT2D eigenvalue weighted by Crippen LogP contribution is 2.20. The van der Waals surface area contributed by atoms with Crippen molar-refractivity contribution in [2.75, 3.05) is 33.8 Å². The molecule has 28 heavy (non-hydrogen) atoms. The molecule has 1 atom stereocenters. The van der Waals surface area contributed by atoms with Crippen LogP contribution in [0.2, 0.25) is 0 Å². The molecule has 0 spiro atoms. The first kappa shape index (κ1) is 24.7. The van der Waals surface area contributed by atoms with Gasteiger partial charge in [-0.15, -0.1) is 12.4 Å². The second kappa shape index (κ2) is 11.0. The zero-order valence-corrected chi connectivity index (χ0v) is 18.6. The van der Waals surface area contributed by atoms with Gasteiger partial charge in [-0.1, -0.05) is 13.8 Å². The molecule has 9 heteroatoms. The Morgan fingerprint density at radius 1 is 1.21 bits per heavy atom. The van der Waals surface area contributed by atoms with Crippen molar-refractivity contribution in [3.8, 4) is 5.75 Å². The van der Waals surface area contributed by atoms with E-state index >= 15 is 0 Å². The summed E-state index contributed by atoms with van der Waals surface area (Å²) < 4.78 is 33.2. The van der Waals surface area contributed by atoms with Crippen molar-refractivity contribution in [3.05, 3.63) is 24.3 Å². The van der Waals surface area contributed by atoms with Gasteiger partial charge in [-0.3, -0.25) is 4.79 Å².